The summed E-state index contributed by atoms with van der Waals surface area (Å²) in [5.74, 6) is -0.410. The number of carbonyl (C=O) groups is 3. The first kappa shape index (κ1) is 29.2. The summed E-state index contributed by atoms with van der Waals surface area (Å²) in [6.07, 6.45) is 0. The lowest BCUT2D eigenvalue weighted by atomic mass is 10.1. The van der Waals surface area contributed by atoms with E-state index >= 15 is 0 Å². The summed E-state index contributed by atoms with van der Waals surface area (Å²) in [4.78, 5) is 41.9. The molecule has 204 valence electrons. The molecular formula is C26H34N6O4S2. The van der Waals surface area contributed by atoms with Crippen LogP contribution in [0, 0.1) is 6.92 Å². The van der Waals surface area contributed by atoms with Crippen molar-refractivity contribution < 1.29 is 19.1 Å². The fraction of sp³-hybridized carbons (Fsp3) is 0.423. The molecule has 0 saturated carbocycles. The van der Waals surface area contributed by atoms with E-state index in [1.165, 1.54) is 23.8 Å². The molecule has 1 aromatic carbocycles. The van der Waals surface area contributed by atoms with E-state index in [0.717, 1.165) is 41.5 Å². The highest BCUT2D eigenvalue weighted by atomic mass is 32.2. The van der Waals surface area contributed by atoms with Crippen molar-refractivity contribution in [2.45, 2.75) is 39.4 Å². The highest BCUT2D eigenvalue weighted by Gasteiger charge is 2.27. The van der Waals surface area contributed by atoms with Crippen LogP contribution in [0.4, 0.5) is 10.7 Å². The first-order valence-electron chi connectivity index (χ1n) is 12.3. The zero-order valence-corrected chi connectivity index (χ0v) is 24.5. The van der Waals surface area contributed by atoms with Crippen molar-refractivity contribution >= 4 is 51.6 Å². The van der Waals surface area contributed by atoms with E-state index in [-0.39, 0.29) is 28.1 Å². The Balaban J connectivity index is 1.76. The maximum Gasteiger partial charge on any atom is 0.341 e. The summed E-state index contributed by atoms with van der Waals surface area (Å²) in [6.45, 7) is 10.4. The molecule has 10 nitrogen and oxygen atoms in total. The average Bonchev–Trinajstić information content (AvgIpc) is 3.47. The van der Waals surface area contributed by atoms with Gasteiger partial charge < -0.3 is 24.4 Å². The van der Waals surface area contributed by atoms with E-state index < -0.39 is 5.97 Å². The van der Waals surface area contributed by atoms with Gasteiger partial charge in [0, 0.05) is 45.0 Å². The van der Waals surface area contributed by atoms with Crippen molar-refractivity contribution in [3.05, 3.63) is 40.3 Å². The number of esters is 1. The van der Waals surface area contributed by atoms with Crippen LogP contribution in [0.3, 0.4) is 0 Å². The van der Waals surface area contributed by atoms with Crippen LogP contribution >= 0.6 is 23.1 Å². The van der Waals surface area contributed by atoms with Gasteiger partial charge in [0.05, 0.1) is 23.3 Å². The minimum Gasteiger partial charge on any atom is -0.465 e. The number of nitrogens with zero attached hydrogens (tertiary/aromatic N) is 5. The normalized spacial score (nSPS) is 10.8. The summed E-state index contributed by atoms with van der Waals surface area (Å²) in [5, 5.41) is 12.4. The van der Waals surface area contributed by atoms with E-state index in [1.54, 1.807) is 21.0 Å². The number of amides is 2. The van der Waals surface area contributed by atoms with Crippen LogP contribution in [0.5, 0.6) is 0 Å². The molecule has 2 heterocycles. The fourth-order valence-electron chi connectivity index (χ4n) is 3.95. The molecule has 0 aliphatic rings. The Morgan fingerprint density at radius 3 is 2.29 bits per heavy atom. The van der Waals surface area contributed by atoms with Crippen LogP contribution in [0.15, 0.2) is 29.4 Å². The first-order chi connectivity index (χ1) is 18.2. The Labute approximate surface area is 231 Å². The number of hydrogen-bond donors (Lipinski definition) is 1. The topological polar surface area (TPSA) is 110 Å². The molecule has 2 amide bonds. The lowest BCUT2D eigenvalue weighted by molar-refractivity contribution is -0.113. The third-order valence-corrected chi connectivity index (χ3v) is 8.17. The van der Waals surface area contributed by atoms with E-state index in [1.807, 2.05) is 23.6 Å². The van der Waals surface area contributed by atoms with Gasteiger partial charge in [-0.25, -0.2) is 4.79 Å². The number of rotatable bonds is 11. The van der Waals surface area contributed by atoms with Gasteiger partial charge in [0.2, 0.25) is 5.91 Å². The van der Waals surface area contributed by atoms with Gasteiger partial charge in [0.15, 0.2) is 11.0 Å². The summed E-state index contributed by atoms with van der Waals surface area (Å²) in [7, 11) is 4.53. The Kier molecular flexibility index (Phi) is 9.92. The number of anilines is 2. The molecule has 3 rings (SSSR count). The first-order valence-corrected chi connectivity index (χ1v) is 14.1. The minimum atomic E-state index is -0.609. The highest BCUT2D eigenvalue weighted by molar-refractivity contribution is 7.99. The van der Waals surface area contributed by atoms with Crippen molar-refractivity contribution in [2.24, 2.45) is 0 Å². The SMILES string of the molecule is CCN(CC)c1ccc(-c2nnc(SCC(=O)Nc3sc(C(=O)N(C)C)c(C)c3C(=O)OC)n2CC)cc1. The Hall–Kier alpha value is -3.38. The number of ether oxygens (including phenoxy) is 1. The second kappa shape index (κ2) is 12.9. The lowest BCUT2D eigenvalue weighted by Crippen LogP contribution is -2.21. The second-order valence-corrected chi connectivity index (χ2v) is 10.5. The smallest absolute Gasteiger partial charge is 0.341 e. The molecule has 1 N–H and O–H groups in total. The zero-order valence-electron chi connectivity index (χ0n) is 22.8. The monoisotopic (exact) mass is 558 g/mol. The molecule has 2 aromatic heterocycles. The zero-order chi connectivity index (χ0) is 28.0. The number of carbonyl (C=O) groups excluding carboxylic acids is 3. The molecule has 0 saturated heterocycles. The summed E-state index contributed by atoms with van der Waals surface area (Å²) in [5.41, 5.74) is 2.76. The third-order valence-electron chi connectivity index (χ3n) is 6.01. The Bertz CT molecular complexity index is 1300. The van der Waals surface area contributed by atoms with Crippen LogP contribution in [-0.2, 0) is 16.1 Å². The van der Waals surface area contributed by atoms with Crippen LogP contribution in [0.2, 0.25) is 0 Å². The number of aromatic nitrogens is 3. The van der Waals surface area contributed by atoms with Crippen LogP contribution in [-0.4, -0.2) is 77.5 Å². The van der Waals surface area contributed by atoms with Crippen LogP contribution < -0.4 is 10.2 Å². The van der Waals surface area contributed by atoms with Gasteiger partial charge >= 0.3 is 5.97 Å². The minimum absolute atomic E-state index is 0.0492. The predicted molar refractivity (Wildman–Crippen MR) is 152 cm³/mol. The molecule has 0 spiro atoms. The van der Waals surface area contributed by atoms with E-state index in [0.29, 0.717) is 22.1 Å². The van der Waals surface area contributed by atoms with Crippen LogP contribution in [0.25, 0.3) is 11.4 Å². The molecule has 0 fully saturated rings. The molecule has 0 aliphatic carbocycles. The molecule has 0 aliphatic heterocycles. The maximum absolute atomic E-state index is 12.9. The average molecular weight is 559 g/mol. The molecule has 38 heavy (non-hydrogen) atoms. The summed E-state index contributed by atoms with van der Waals surface area (Å²) < 4.78 is 6.86. The molecule has 12 heteroatoms. The van der Waals surface area contributed by atoms with E-state index in [4.69, 9.17) is 4.74 Å². The Morgan fingerprint density at radius 1 is 1.08 bits per heavy atom. The fourth-order valence-corrected chi connectivity index (χ4v) is 5.99. The van der Waals surface area contributed by atoms with Gasteiger partial charge in [-0.05, 0) is 57.5 Å². The third kappa shape index (κ3) is 6.18. The van der Waals surface area contributed by atoms with Gasteiger partial charge in [-0.2, -0.15) is 0 Å². The Morgan fingerprint density at radius 2 is 1.74 bits per heavy atom. The number of benzene rings is 1. The van der Waals surface area contributed by atoms with Gasteiger partial charge in [0.25, 0.3) is 5.91 Å². The number of thioether (sulfide) groups is 1. The molecule has 0 atom stereocenters. The van der Waals surface area contributed by atoms with Gasteiger partial charge in [-0.3, -0.25) is 9.59 Å². The number of nitrogens with one attached hydrogen (secondary N) is 1. The molecule has 0 unspecified atom stereocenters. The molecule has 0 radical (unpaired) electrons. The standard InChI is InChI=1S/C26H34N6O4S2/c1-8-31(9-2)18-13-11-17(12-14-18)22-28-29-26(32(22)10-3)37-15-19(33)27-23-20(25(35)36-7)16(4)21(38-23)24(34)30(5)6/h11-14H,8-10,15H2,1-7H3,(H,27,33). The highest BCUT2D eigenvalue weighted by Crippen LogP contribution is 2.35. The maximum atomic E-state index is 12.9. The summed E-state index contributed by atoms with van der Waals surface area (Å²) >= 11 is 2.32. The van der Waals surface area contributed by atoms with Gasteiger partial charge in [-0.1, -0.05) is 11.8 Å². The van der Waals surface area contributed by atoms with E-state index in [2.05, 4.69) is 46.4 Å². The number of hydrogen-bond acceptors (Lipinski definition) is 9. The number of thiophene rings is 1. The largest absolute Gasteiger partial charge is 0.465 e. The van der Waals surface area contributed by atoms with Crippen molar-refractivity contribution in [1.82, 2.24) is 19.7 Å². The van der Waals surface area contributed by atoms with Gasteiger partial charge in [-0.15, -0.1) is 21.5 Å². The van der Waals surface area contributed by atoms with Crippen LogP contribution in [0.1, 0.15) is 46.4 Å². The molecule has 3 aromatic rings. The lowest BCUT2D eigenvalue weighted by Gasteiger charge is -2.21. The van der Waals surface area contributed by atoms with Crippen molar-refractivity contribution in [3.8, 4) is 11.4 Å². The summed E-state index contributed by atoms with van der Waals surface area (Å²) in [6, 6.07) is 8.22. The van der Waals surface area contributed by atoms with Crippen molar-refractivity contribution in [3.63, 3.8) is 0 Å². The quantitative estimate of drug-likeness (QED) is 0.272. The second-order valence-electron chi connectivity index (χ2n) is 8.56. The molecule has 0 bridgehead atoms. The molecular weight excluding hydrogens is 524 g/mol. The van der Waals surface area contributed by atoms with E-state index in [9.17, 15) is 14.4 Å². The van der Waals surface area contributed by atoms with Crippen molar-refractivity contribution in [1.29, 1.82) is 0 Å². The van der Waals surface area contributed by atoms with Crippen molar-refractivity contribution in [2.75, 3.05) is 50.3 Å². The van der Waals surface area contributed by atoms with Gasteiger partial charge in [0.1, 0.15) is 5.00 Å². The predicted octanol–water partition coefficient (Wildman–Crippen LogP) is 4.40. The number of methoxy groups -OCH3 is 1.